The van der Waals surface area contributed by atoms with Gasteiger partial charge in [0.05, 0.1) is 5.69 Å². The van der Waals surface area contributed by atoms with Crippen molar-refractivity contribution in [1.29, 1.82) is 0 Å². The highest BCUT2D eigenvalue weighted by Gasteiger charge is 2.19. The van der Waals surface area contributed by atoms with Gasteiger partial charge in [-0.1, -0.05) is 0 Å². The first kappa shape index (κ1) is 10.2. The molecule has 1 rings (SSSR count). The molecule has 0 saturated heterocycles. The van der Waals surface area contributed by atoms with Crippen molar-refractivity contribution in [2.24, 2.45) is 0 Å². The number of hydrogen-bond acceptors (Lipinski definition) is 2. The van der Waals surface area contributed by atoms with Crippen molar-refractivity contribution in [3.63, 3.8) is 0 Å². The molecule has 0 aliphatic rings. The molecular formula is C8H11BrN2O2. The Bertz CT molecular complexity index is 344. The van der Waals surface area contributed by atoms with Crippen LogP contribution in [0.25, 0.3) is 0 Å². The van der Waals surface area contributed by atoms with Crippen LogP contribution >= 0.6 is 15.9 Å². The van der Waals surface area contributed by atoms with E-state index in [1.807, 2.05) is 13.8 Å². The lowest BCUT2D eigenvalue weighted by atomic mass is 10.2. The number of hydrogen-bond donors (Lipinski definition) is 1. The van der Waals surface area contributed by atoms with Crippen LogP contribution in [0.5, 0.6) is 0 Å². The van der Waals surface area contributed by atoms with E-state index in [4.69, 9.17) is 5.11 Å². The average molecular weight is 247 g/mol. The lowest BCUT2D eigenvalue weighted by Gasteiger charge is -2.07. The molecule has 0 aliphatic heterocycles. The van der Waals surface area contributed by atoms with Crippen LogP contribution in [0.3, 0.4) is 0 Å². The van der Waals surface area contributed by atoms with Gasteiger partial charge in [-0.25, -0.2) is 4.79 Å². The third-order valence-electron chi connectivity index (χ3n) is 1.81. The van der Waals surface area contributed by atoms with Crippen molar-refractivity contribution in [3.05, 3.63) is 15.9 Å². The van der Waals surface area contributed by atoms with Crippen LogP contribution in [0.4, 0.5) is 0 Å². The molecule has 0 aliphatic carbocycles. The largest absolute Gasteiger partial charge is 0.478 e. The predicted molar refractivity (Wildman–Crippen MR) is 52.0 cm³/mol. The predicted octanol–water partition coefficient (Wildman–Crippen LogP) is 2.23. The lowest BCUT2D eigenvalue weighted by molar-refractivity contribution is 0.0695. The summed E-state index contributed by atoms with van der Waals surface area (Å²) >= 11 is 3.12. The highest BCUT2D eigenvalue weighted by Crippen LogP contribution is 2.21. The summed E-state index contributed by atoms with van der Waals surface area (Å²) in [6, 6.07) is 0.171. The van der Waals surface area contributed by atoms with Gasteiger partial charge in [0.15, 0.2) is 0 Å². The maximum absolute atomic E-state index is 10.8. The SMILES string of the molecule is Cc1c(C(=O)O)c(Br)nn1C(C)C. The molecule has 4 nitrogen and oxygen atoms in total. The smallest absolute Gasteiger partial charge is 0.340 e. The summed E-state index contributed by atoms with van der Waals surface area (Å²) in [5, 5.41) is 12.9. The minimum absolute atomic E-state index is 0.171. The first-order chi connectivity index (χ1) is 5.95. The van der Waals surface area contributed by atoms with Gasteiger partial charge < -0.3 is 5.11 Å². The minimum Gasteiger partial charge on any atom is -0.478 e. The van der Waals surface area contributed by atoms with Gasteiger partial charge in [0.25, 0.3) is 0 Å². The Kier molecular flexibility index (Phi) is 2.75. The maximum Gasteiger partial charge on any atom is 0.340 e. The number of aromatic nitrogens is 2. The summed E-state index contributed by atoms with van der Waals surface area (Å²) in [6.07, 6.45) is 0. The van der Waals surface area contributed by atoms with Gasteiger partial charge in [-0.15, -0.1) is 0 Å². The third-order valence-corrected chi connectivity index (χ3v) is 2.37. The maximum atomic E-state index is 10.8. The summed E-state index contributed by atoms with van der Waals surface area (Å²) in [5.41, 5.74) is 0.920. The molecule has 1 aromatic heterocycles. The van der Waals surface area contributed by atoms with Crippen LogP contribution in [0.15, 0.2) is 4.60 Å². The molecule has 72 valence electrons. The van der Waals surface area contributed by atoms with Gasteiger partial charge in [-0.2, -0.15) is 5.10 Å². The number of aromatic carboxylic acids is 1. The van der Waals surface area contributed by atoms with Crippen molar-refractivity contribution < 1.29 is 9.90 Å². The van der Waals surface area contributed by atoms with Crippen LogP contribution in [0.2, 0.25) is 0 Å². The zero-order valence-corrected chi connectivity index (χ0v) is 9.29. The van der Waals surface area contributed by atoms with Crippen LogP contribution < -0.4 is 0 Å². The van der Waals surface area contributed by atoms with Crippen molar-refractivity contribution in [2.45, 2.75) is 26.8 Å². The van der Waals surface area contributed by atoms with Gasteiger partial charge in [0, 0.05) is 6.04 Å². The molecule has 1 heterocycles. The fourth-order valence-electron chi connectivity index (χ4n) is 1.23. The number of carboxylic acids is 1. The molecule has 0 atom stereocenters. The topological polar surface area (TPSA) is 55.1 Å². The molecule has 13 heavy (non-hydrogen) atoms. The monoisotopic (exact) mass is 246 g/mol. The second kappa shape index (κ2) is 3.49. The molecule has 0 bridgehead atoms. The van der Waals surface area contributed by atoms with E-state index in [0.717, 1.165) is 0 Å². The highest BCUT2D eigenvalue weighted by atomic mass is 79.9. The molecule has 1 aromatic rings. The number of carboxylic acid groups (broad SMARTS) is 1. The summed E-state index contributed by atoms with van der Waals surface area (Å²) in [7, 11) is 0. The molecule has 0 unspecified atom stereocenters. The van der Waals surface area contributed by atoms with Crippen LogP contribution in [0, 0.1) is 6.92 Å². The summed E-state index contributed by atoms with van der Waals surface area (Å²) in [5.74, 6) is -0.948. The van der Waals surface area contributed by atoms with Crippen LogP contribution in [-0.2, 0) is 0 Å². The molecule has 1 N–H and O–H groups in total. The molecule has 5 heteroatoms. The van der Waals surface area contributed by atoms with Crippen molar-refractivity contribution >= 4 is 21.9 Å². The van der Waals surface area contributed by atoms with Crippen molar-refractivity contribution in [3.8, 4) is 0 Å². The van der Waals surface area contributed by atoms with Gasteiger partial charge in [-0.05, 0) is 36.7 Å². The van der Waals surface area contributed by atoms with Gasteiger partial charge in [0.2, 0.25) is 0 Å². The summed E-state index contributed by atoms with van der Waals surface area (Å²) in [6.45, 7) is 5.66. The molecule has 0 spiro atoms. The van der Waals surface area contributed by atoms with E-state index in [9.17, 15) is 4.79 Å². The second-order valence-electron chi connectivity index (χ2n) is 3.09. The number of carbonyl (C=O) groups is 1. The van der Waals surface area contributed by atoms with Gasteiger partial charge >= 0.3 is 5.97 Å². The highest BCUT2D eigenvalue weighted by molar-refractivity contribution is 9.10. The number of halogens is 1. The van der Waals surface area contributed by atoms with E-state index in [0.29, 0.717) is 10.3 Å². The van der Waals surface area contributed by atoms with Crippen molar-refractivity contribution in [1.82, 2.24) is 9.78 Å². The third kappa shape index (κ3) is 1.75. The van der Waals surface area contributed by atoms with E-state index in [2.05, 4.69) is 21.0 Å². The normalized spacial score (nSPS) is 10.8. The summed E-state index contributed by atoms with van der Waals surface area (Å²) in [4.78, 5) is 10.8. The molecule has 0 amide bonds. The average Bonchev–Trinajstić information content (AvgIpc) is 2.26. The van der Waals surface area contributed by atoms with Crippen LogP contribution in [-0.4, -0.2) is 20.9 Å². The Morgan fingerprint density at radius 3 is 2.38 bits per heavy atom. The van der Waals surface area contributed by atoms with E-state index < -0.39 is 5.97 Å². The second-order valence-corrected chi connectivity index (χ2v) is 3.85. The molecule has 0 saturated carbocycles. The van der Waals surface area contributed by atoms with E-state index in [-0.39, 0.29) is 11.6 Å². The Hall–Kier alpha value is -0.840. The van der Waals surface area contributed by atoms with Gasteiger partial charge in [0.1, 0.15) is 10.2 Å². The Labute approximate surface area is 84.7 Å². The zero-order chi connectivity index (χ0) is 10.2. The van der Waals surface area contributed by atoms with E-state index >= 15 is 0 Å². The zero-order valence-electron chi connectivity index (χ0n) is 7.71. The minimum atomic E-state index is -0.948. The quantitative estimate of drug-likeness (QED) is 0.871. The molecular weight excluding hydrogens is 236 g/mol. The molecule has 0 radical (unpaired) electrons. The Balaban J connectivity index is 3.30. The number of rotatable bonds is 2. The molecule has 0 fully saturated rings. The number of nitrogens with zero attached hydrogens (tertiary/aromatic N) is 2. The van der Waals surface area contributed by atoms with Crippen LogP contribution in [0.1, 0.15) is 35.9 Å². The van der Waals surface area contributed by atoms with Gasteiger partial charge in [-0.3, -0.25) is 4.68 Å². The van der Waals surface area contributed by atoms with Crippen molar-refractivity contribution in [2.75, 3.05) is 0 Å². The van der Waals surface area contributed by atoms with E-state index in [1.54, 1.807) is 11.6 Å². The first-order valence-electron chi connectivity index (χ1n) is 3.93. The molecule has 0 aromatic carbocycles. The lowest BCUT2D eigenvalue weighted by Crippen LogP contribution is -2.06. The standard InChI is InChI=1S/C8H11BrN2O2/c1-4(2)11-5(3)6(8(12)13)7(9)10-11/h4H,1-3H3,(H,12,13). The summed E-state index contributed by atoms with van der Waals surface area (Å²) < 4.78 is 2.08. The fourth-order valence-corrected chi connectivity index (χ4v) is 1.86. The fraction of sp³-hybridized carbons (Fsp3) is 0.500. The Morgan fingerprint density at radius 1 is 1.62 bits per heavy atom. The Morgan fingerprint density at radius 2 is 2.15 bits per heavy atom. The van der Waals surface area contributed by atoms with E-state index in [1.165, 1.54) is 0 Å². The first-order valence-corrected chi connectivity index (χ1v) is 4.72.